The summed E-state index contributed by atoms with van der Waals surface area (Å²) in [6.45, 7) is 0.314. The Labute approximate surface area is 111 Å². The van der Waals surface area contributed by atoms with Gasteiger partial charge in [-0.2, -0.15) is 0 Å². The molecule has 0 aliphatic heterocycles. The molecule has 6 nitrogen and oxygen atoms in total. The van der Waals surface area contributed by atoms with Gasteiger partial charge < -0.3 is 15.0 Å². The van der Waals surface area contributed by atoms with Crippen molar-refractivity contribution >= 4 is 11.9 Å². The second-order valence-corrected chi connectivity index (χ2v) is 4.67. The summed E-state index contributed by atoms with van der Waals surface area (Å²) in [6.07, 6.45) is 8.03. The van der Waals surface area contributed by atoms with Crippen LogP contribution in [0.5, 0.6) is 0 Å². The zero-order valence-corrected chi connectivity index (χ0v) is 10.7. The highest BCUT2D eigenvalue weighted by atomic mass is 16.4. The summed E-state index contributed by atoms with van der Waals surface area (Å²) in [4.78, 5) is 27.3. The molecule has 0 saturated carbocycles. The van der Waals surface area contributed by atoms with E-state index in [-0.39, 0.29) is 5.91 Å². The fourth-order valence-corrected chi connectivity index (χ4v) is 2.24. The number of carbonyl (C=O) groups is 2. The number of hydrogen-bond acceptors (Lipinski definition) is 3. The van der Waals surface area contributed by atoms with Crippen LogP contribution < -0.4 is 5.32 Å². The minimum atomic E-state index is -0.915. The van der Waals surface area contributed by atoms with Crippen LogP contribution in [-0.4, -0.2) is 26.5 Å². The molecule has 0 saturated heterocycles. The van der Waals surface area contributed by atoms with E-state index in [1.165, 1.54) is 0 Å². The number of imidazole rings is 1. The first kappa shape index (κ1) is 13.3. The molecule has 1 aliphatic rings. The number of carboxylic acid groups (broad SMARTS) is 1. The molecule has 2 atom stereocenters. The minimum absolute atomic E-state index is 0.222. The number of aryl methyl sites for hydroxylation is 1. The fraction of sp³-hybridized carbons (Fsp3) is 0.462. The summed E-state index contributed by atoms with van der Waals surface area (Å²) < 4.78 is 1.82. The SMILES string of the molecule is Cn1ccnc1CNC(=O)[C@@H]1CC=CC[C@@H]1C(=O)O. The van der Waals surface area contributed by atoms with Crippen molar-refractivity contribution in [1.29, 1.82) is 0 Å². The van der Waals surface area contributed by atoms with E-state index in [4.69, 9.17) is 5.11 Å². The molecule has 0 fully saturated rings. The fourth-order valence-electron chi connectivity index (χ4n) is 2.24. The largest absolute Gasteiger partial charge is 0.481 e. The standard InChI is InChI=1S/C13H17N3O3/c1-16-7-6-14-11(16)8-15-12(17)9-4-2-3-5-10(9)13(18)19/h2-3,6-7,9-10H,4-5,8H2,1H3,(H,15,17)(H,18,19)/t9-,10+/m1/s1. The number of carbonyl (C=O) groups excluding carboxylic acids is 1. The van der Waals surface area contributed by atoms with Gasteiger partial charge in [0.15, 0.2) is 0 Å². The summed E-state index contributed by atoms with van der Waals surface area (Å²) >= 11 is 0. The van der Waals surface area contributed by atoms with Crippen molar-refractivity contribution in [3.63, 3.8) is 0 Å². The number of carboxylic acids is 1. The van der Waals surface area contributed by atoms with Crippen LogP contribution in [0.15, 0.2) is 24.5 Å². The summed E-state index contributed by atoms with van der Waals surface area (Å²) in [6, 6.07) is 0. The Hall–Kier alpha value is -2.11. The number of rotatable bonds is 4. The Kier molecular flexibility index (Phi) is 3.99. The van der Waals surface area contributed by atoms with Crippen molar-refractivity contribution in [1.82, 2.24) is 14.9 Å². The van der Waals surface area contributed by atoms with Crippen molar-refractivity contribution in [2.75, 3.05) is 0 Å². The first-order valence-corrected chi connectivity index (χ1v) is 6.21. The van der Waals surface area contributed by atoms with Gasteiger partial charge in [0.25, 0.3) is 0 Å². The van der Waals surface area contributed by atoms with Crippen LogP contribution in [0.2, 0.25) is 0 Å². The number of hydrogen-bond donors (Lipinski definition) is 2. The second-order valence-electron chi connectivity index (χ2n) is 4.67. The second kappa shape index (κ2) is 5.69. The average molecular weight is 263 g/mol. The Morgan fingerprint density at radius 3 is 2.68 bits per heavy atom. The third kappa shape index (κ3) is 3.01. The maximum Gasteiger partial charge on any atom is 0.307 e. The van der Waals surface area contributed by atoms with E-state index in [0.29, 0.717) is 19.4 Å². The van der Waals surface area contributed by atoms with Gasteiger partial charge in [0, 0.05) is 19.4 Å². The van der Waals surface area contributed by atoms with E-state index in [0.717, 1.165) is 5.82 Å². The van der Waals surface area contributed by atoms with E-state index in [9.17, 15) is 9.59 Å². The normalized spacial score (nSPS) is 22.2. The van der Waals surface area contributed by atoms with Crippen LogP contribution in [0.25, 0.3) is 0 Å². The maximum atomic E-state index is 12.1. The smallest absolute Gasteiger partial charge is 0.307 e. The molecule has 1 amide bonds. The molecule has 2 N–H and O–H groups in total. The highest BCUT2D eigenvalue weighted by Gasteiger charge is 2.33. The van der Waals surface area contributed by atoms with Crippen molar-refractivity contribution < 1.29 is 14.7 Å². The summed E-state index contributed by atoms with van der Waals surface area (Å²) in [5.41, 5.74) is 0. The molecule has 0 radical (unpaired) electrons. The topological polar surface area (TPSA) is 84.2 Å². The van der Waals surface area contributed by atoms with Gasteiger partial charge in [0.2, 0.25) is 5.91 Å². The maximum absolute atomic E-state index is 12.1. The van der Waals surface area contributed by atoms with Gasteiger partial charge in [-0.05, 0) is 12.8 Å². The zero-order valence-electron chi connectivity index (χ0n) is 10.7. The molecule has 0 unspecified atom stereocenters. The summed E-state index contributed by atoms with van der Waals surface area (Å²) in [5.74, 6) is -1.53. The van der Waals surface area contributed by atoms with Gasteiger partial charge in [0.1, 0.15) is 5.82 Å². The molecule has 0 bridgehead atoms. The molecule has 2 rings (SSSR count). The van der Waals surface area contributed by atoms with Crippen molar-refractivity contribution in [2.45, 2.75) is 19.4 Å². The molecular weight excluding hydrogens is 246 g/mol. The third-order valence-corrected chi connectivity index (χ3v) is 3.43. The van der Waals surface area contributed by atoms with E-state index in [1.807, 2.05) is 23.8 Å². The number of nitrogens with one attached hydrogen (secondary N) is 1. The molecule has 0 aromatic carbocycles. The van der Waals surface area contributed by atoms with Crippen LogP contribution in [-0.2, 0) is 23.2 Å². The molecule has 0 spiro atoms. The quantitative estimate of drug-likeness (QED) is 0.783. The zero-order chi connectivity index (χ0) is 13.8. The molecule has 19 heavy (non-hydrogen) atoms. The highest BCUT2D eigenvalue weighted by Crippen LogP contribution is 2.26. The Bertz CT molecular complexity index is 507. The first-order chi connectivity index (χ1) is 9.09. The Morgan fingerprint density at radius 2 is 2.11 bits per heavy atom. The van der Waals surface area contributed by atoms with Gasteiger partial charge in [-0.25, -0.2) is 4.98 Å². The van der Waals surface area contributed by atoms with Crippen LogP contribution in [0, 0.1) is 11.8 Å². The number of amides is 1. The molecule has 1 aromatic rings. The van der Waals surface area contributed by atoms with Crippen LogP contribution in [0.3, 0.4) is 0 Å². The lowest BCUT2D eigenvalue weighted by molar-refractivity contribution is -0.147. The summed E-state index contributed by atoms with van der Waals surface area (Å²) in [7, 11) is 1.85. The van der Waals surface area contributed by atoms with Gasteiger partial charge >= 0.3 is 5.97 Å². The van der Waals surface area contributed by atoms with Gasteiger partial charge in [-0.15, -0.1) is 0 Å². The van der Waals surface area contributed by atoms with Gasteiger partial charge in [-0.1, -0.05) is 12.2 Å². The number of allylic oxidation sites excluding steroid dienone is 2. The monoisotopic (exact) mass is 263 g/mol. The Balaban J connectivity index is 1.97. The molecule has 102 valence electrons. The minimum Gasteiger partial charge on any atom is -0.481 e. The van der Waals surface area contributed by atoms with E-state index in [2.05, 4.69) is 10.3 Å². The van der Waals surface area contributed by atoms with Crippen molar-refractivity contribution in [2.24, 2.45) is 18.9 Å². The van der Waals surface area contributed by atoms with Crippen LogP contribution in [0.4, 0.5) is 0 Å². The summed E-state index contributed by atoms with van der Waals surface area (Å²) in [5, 5.41) is 11.9. The highest BCUT2D eigenvalue weighted by molar-refractivity contribution is 5.85. The third-order valence-electron chi connectivity index (χ3n) is 3.43. The molecular formula is C13H17N3O3. The van der Waals surface area contributed by atoms with E-state index < -0.39 is 17.8 Å². The van der Waals surface area contributed by atoms with E-state index in [1.54, 1.807) is 12.4 Å². The number of nitrogens with zero attached hydrogens (tertiary/aromatic N) is 2. The average Bonchev–Trinajstić information content (AvgIpc) is 2.81. The predicted octanol–water partition coefficient (Wildman–Crippen LogP) is 0.703. The van der Waals surface area contributed by atoms with Gasteiger partial charge in [-0.3, -0.25) is 9.59 Å². The Morgan fingerprint density at radius 1 is 1.42 bits per heavy atom. The molecule has 1 aromatic heterocycles. The first-order valence-electron chi connectivity index (χ1n) is 6.21. The number of aliphatic carboxylic acids is 1. The van der Waals surface area contributed by atoms with Crippen LogP contribution >= 0.6 is 0 Å². The molecule has 1 heterocycles. The van der Waals surface area contributed by atoms with Crippen molar-refractivity contribution in [3.05, 3.63) is 30.4 Å². The van der Waals surface area contributed by atoms with Crippen molar-refractivity contribution in [3.8, 4) is 0 Å². The number of aromatic nitrogens is 2. The molecule has 6 heteroatoms. The predicted molar refractivity (Wildman–Crippen MR) is 68.0 cm³/mol. The van der Waals surface area contributed by atoms with Gasteiger partial charge in [0.05, 0.1) is 18.4 Å². The lowest BCUT2D eigenvalue weighted by Crippen LogP contribution is -2.38. The van der Waals surface area contributed by atoms with Crippen LogP contribution in [0.1, 0.15) is 18.7 Å². The lowest BCUT2D eigenvalue weighted by atomic mass is 9.82. The van der Waals surface area contributed by atoms with E-state index >= 15 is 0 Å². The lowest BCUT2D eigenvalue weighted by Gasteiger charge is -2.24. The molecule has 1 aliphatic carbocycles.